The van der Waals surface area contributed by atoms with Crippen LogP contribution in [-0.4, -0.2) is 51.4 Å². The molecule has 39 heavy (non-hydrogen) atoms. The fraction of sp³-hybridized carbons (Fsp3) is 0.259. The number of sulfonamides is 1. The van der Waals surface area contributed by atoms with Crippen molar-refractivity contribution in [1.29, 1.82) is 0 Å². The second kappa shape index (κ2) is 13.5. The molecule has 0 heterocycles. The lowest BCUT2D eigenvalue weighted by Gasteiger charge is -2.32. The van der Waals surface area contributed by atoms with E-state index in [1.165, 1.54) is 24.1 Å². The van der Waals surface area contributed by atoms with Crippen LogP contribution in [0.1, 0.15) is 19.4 Å². The minimum atomic E-state index is -4.18. The van der Waals surface area contributed by atoms with E-state index in [4.69, 9.17) is 27.9 Å². The Labute approximate surface area is 247 Å². The van der Waals surface area contributed by atoms with E-state index < -0.39 is 34.4 Å². The van der Waals surface area contributed by atoms with Gasteiger partial charge in [0.05, 0.1) is 27.2 Å². The number of halogens is 3. The Kier molecular flexibility index (Phi) is 10.7. The Morgan fingerprint density at radius 1 is 1.00 bits per heavy atom. The molecule has 0 spiro atoms. The van der Waals surface area contributed by atoms with Gasteiger partial charge in [-0.05, 0) is 80.1 Å². The lowest BCUT2D eigenvalue weighted by molar-refractivity contribution is -0.139. The topological polar surface area (TPSA) is 96.0 Å². The lowest BCUT2D eigenvalue weighted by atomic mass is 10.1. The SMILES string of the molecule is CCOc1ccc(N(CC(=O)N(Cc2ccc(Cl)c(Cl)c2)[C@@H](C)C(=O)NC)S(=O)(=O)c2ccc(Br)cc2)cc1. The summed E-state index contributed by atoms with van der Waals surface area (Å²) < 4.78 is 34.8. The maximum atomic E-state index is 13.8. The van der Waals surface area contributed by atoms with Gasteiger partial charge in [-0.2, -0.15) is 0 Å². The first-order chi connectivity index (χ1) is 18.5. The molecule has 0 bridgehead atoms. The van der Waals surface area contributed by atoms with E-state index in [1.54, 1.807) is 61.5 Å². The van der Waals surface area contributed by atoms with Crippen LogP contribution in [0.2, 0.25) is 10.0 Å². The van der Waals surface area contributed by atoms with Crippen LogP contribution in [0.4, 0.5) is 5.69 Å². The van der Waals surface area contributed by atoms with Crippen molar-refractivity contribution in [3.8, 4) is 5.75 Å². The molecule has 0 unspecified atom stereocenters. The standard InChI is InChI=1S/C27H28BrCl2N3O5S/c1-4-38-22-10-8-21(9-11-22)33(39(36,37)23-12-6-20(28)7-13-23)17-26(34)32(18(2)27(35)31-3)16-19-5-14-24(29)25(30)15-19/h5-15,18H,4,16-17H2,1-3H3,(H,31,35)/t18-/m0/s1. The highest BCUT2D eigenvalue weighted by Crippen LogP contribution is 2.28. The molecule has 0 aliphatic carbocycles. The predicted molar refractivity (Wildman–Crippen MR) is 157 cm³/mol. The number of ether oxygens (including phenoxy) is 1. The van der Waals surface area contributed by atoms with Crippen molar-refractivity contribution in [3.63, 3.8) is 0 Å². The average molecular weight is 657 g/mol. The first-order valence-corrected chi connectivity index (χ1v) is 14.9. The molecular weight excluding hydrogens is 629 g/mol. The molecule has 0 saturated carbocycles. The Bertz CT molecular complexity index is 1420. The van der Waals surface area contributed by atoms with Gasteiger partial charge in [0.15, 0.2) is 0 Å². The third kappa shape index (κ3) is 7.66. The molecule has 3 rings (SSSR count). The third-order valence-electron chi connectivity index (χ3n) is 5.87. The van der Waals surface area contributed by atoms with Gasteiger partial charge < -0.3 is 15.0 Å². The molecule has 0 fully saturated rings. The zero-order valence-corrected chi connectivity index (χ0v) is 25.4. The van der Waals surface area contributed by atoms with Crippen LogP contribution >= 0.6 is 39.1 Å². The molecule has 0 aliphatic heterocycles. The number of carbonyl (C=O) groups excluding carboxylic acids is 2. The third-order valence-corrected chi connectivity index (χ3v) is 8.92. The summed E-state index contributed by atoms with van der Waals surface area (Å²) in [6.07, 6.45) is 0. The van der Waals surface area contributed by atoms with Gasteiger partial charge in [-0.3, -0.25) is 13.9 Å². The molecule has 8 nitrogen and oxygen atoms in total. The van der Waals surface area contributed by atoms with Crippen molar-refractivity contribution in [3.05, 3.63) is 86.8 Å². The van der Waals surface area contributed by atoms with Crippen LogP contribution in [0.3, 0.4) is 0 Å². The van der Waals surface area contributed by atoms with Crippen molar-refractivity contribution in [2.24, 2.45) is 0 Å². The van der Waals surface area contributed by atoms with Gasteiger partial charge in [-0.1, -0.05) is 45.2 Å². The second-order valence-electron chi connectivity index (χ2n) is 8.45. The van der Waals surface area contributed by atoms with Crippen LogP contribution in [0.5, 0.6) is 5.75 Å². The molecule has 1 N–H and O–H groups in total. The van der Waals surface area contributed by atoms with Crippen molar-refractivity contribution in [2.75, 3.05) is 24.5 Å². The Morgan fingerprint density at radius 3 is 2.21 bits per heavy atom. The van der Waals surface area contributed by atoms with Gasteiger partial charge in [-0.15, -0.1) is 0 Å². The molecule has 12 heteroatoms. The Balaban J connectivity index is 2.04. The number of carbonyl (C=O) groups is 2. The van der Waals surface area contributed by atoms with Crippen LogP contribution in [0, 0.1) is 0 Å². The quantitative estimate of drug-likeness (QED) is 0.294. The largest absolute Gasteiger partial charge is 0.494 e. The van der Waals surface area contributed by atoms with Crippen molar-refractivity contribution >= 4 is 66.7 Å². The van der Waals surface area contributed by atoms with Gasteiger partial charge in [0, 0.05) is 18.1 Å². The van der Waals surface area contributed by atoms with Gasteiger partial charge in [0.1, 0.15) is 18.3 Å². The lowest BCUT2D eigenvalue weighted by Crippen LogP contribution is -2.50. The second-order valence-corrected chi connectivity index (χ2v) is 12.0. The summed E-state index contributed by atoms with van der Waals surface area (Å²) in [5.41, 5.74) is 0.883. The first-order valence-electron chi connectivity index (χ1n) is 11.9. The van der Waals surface area contributed by atoms with E-state index in [2.05, 4.69) is 21.2 Å². The fourth-order valence-electron chi connectivity index (χ4n) is 3.76. The number of nitrogens with zero attached hydrogens (tertiary/aromatic N) is 2. The fourth-order valence-corrected chi connectivity index (χ4v) is 5.76. The predicted octanol–water partition coefficient (Wildman–Crippen LogP) is 5.51. The summed E-state index contributed by atoms with van der Waals surface area (Å²) >= 11 is 15.5. The smallest absolute Gasteiger partial charge is 0.264 e. The number of rotatable bonds is 11. The Hall–Kier alpha value is -2.79. The van der Waals surface area contributed by atoms with Gasteiger partial charge in [-0.25, -0.2) is 8.42 Å². The number of benzene rings is 3. The molecule has 208 valence electrons. The number of amides is 2. The number of hydrogen-bond acceptors (Lipinski definition) is 5. The zero-order chi connectivity index (χ0) is 28.7. The van der Waals surface area contributed by atoms with E-state index in [0.717, 1.165) is 4.31 Å². The minimum absolute atomic E-state index is 0.000240. The number of hydrogen-bond donors (Lipinski definition) is 1. The van der Waals surface area contributed by atoms with Crippen molar-refractivity contribution in [2.45, 2.75) is 31.3 Å². The molecule has 0 aromatic heterocycles. The average Bonchev–Trinajstić information content (AvgIpc) is 2.92. The van der Waals surface area contributed by atoms with E-state index in [0.29, 0.717) is 32.4 Å². The van der Waals surface area contributed by atoms with Crippen LogP contribution < -0.4 is 14.4 Å². The monoisotopic (exact) mass is 655 g/mol. The van der Waals surface area contributed by atoms with E-state index in [-0.39, 0.29) is 17.1 Å². The maximum Gasteiger partial charge on any atom is 0.264 e. The summed E-state index contributed by atoms with van der Waals surface area (Å²) in [7, 11) is -2.71. The molecule has 1 atom stereocenters. The highest BCUT2D eigenvalue weighted by molar-refractivity contribution is 9.10. The summed E-state index contributed by atoms with van der Waals surface area (Å²) in [6, 6.07) is 16.5. The molecular formula is C27H28BrCl2N3O5S. The van der Waals surface area contributed by atoms with E-state index in [1.807, 2.05) is 6.92 Å². The van der Waals surface area contributed by atoms with E-state index in [9.17, 15) is 18.0 Å². The van der Waals surface area contributed by atoms with E-state index >= 15 is 0 Å². The summed E-state index contributed by atoms with van der Waals surface area (Å²) in [4.78, 5) is 27.7. The maximum absolute atomic E-state index is 13.8. The number of likely N-dealkylation sites (N-methyl/N-ethyl adjacent to an activating group) is 1. The Morgan fingerprint density at radius 2 is 1.64 bits per heavy atom. The number of anilines is 1. The molecule has 2 amide bonds. The van der Waals surface area contributed by atoms with Crippen LogP contribution in [-0.2, 0) is 26.2 Å². The molecule has 0 saturated heterocycles. The normalized spacial score (nSPS) is 11.9. The van der Waals surface area contributed by atoms with Crippen molar-refractivity contribution < 1.29 is 22.7 Å². The van der Waals surface area contributed by atoms with Gasteiger partial charge >= 0.3 is 0 Å². The molecule has 3 aromatic rings. The van der Waals surface area contributed by atoms with Crippen LogP contribution in [0.25, 0.3) is 0 Å². The number of nitrogens with one attached hydrogen (secondary N) is 1. The summed E-state index contributed by atoms with van der Waals surface area (Å²) in [5.74, 6) is -0.443. The molecule has 0 radical (unpaired) electrons. The zero-order valence-electron chi connectivity index (χ0n) is 21.5. The van der Waals surface area contributed by atoms with Gasteiger partial charge in [0.25, 0.3) is 10.0 Å². The highest BCUT2D eigenvalue weighted by atomic mass is 79.9. The molecule has 0 aliphatic rings. The first kappa shape index (κ1) is 30.7. The van der Waals surface area contributed by atoms with Crippen molar-refractivity contribution in [1.82, 2.24) is 10.2 Å². The summed E-state index contributed by atoms with van der Waals surface area (Å²) in [6.45, 7) is 3.29. The summed E-state index contributed by atoms with van der Waals surface area (Å²) in [5, 5.41) is 3.18. The molecule has 3 aromatic carbocycles. The van der Waals surface area contributed by atoms with Gasteiger partial charge in [0.2, 0.25) is 11.8 Å². The minimum Gasteiger partial charge on any atom is -0.494 e. The highest BCUT2D eigenvalue weighted by Gasteiger charge is 2.32. The van der Waals surface area contributed by atoms with Crippen LogP contribution in [0.15, 0.2) is 76.1 Å².